The summed E-state index contributed by atoms with van der Waals surface area (Å²) < 4.78 is 16.7. The summed E-state index contributed by atoms with van der Waals surface area (Å²) in [5.74, 6) is -0.173. The van der Waals surface area contributed by atoms with Crippen LogP contribution in [0.5, 0.6) is 0 Å². The van der Waals surface area contributed by atoms with Crippen molar-refractivity contribution in [3.8, 4) is 0 Å². The molecule has 1 rings (SSSR count). The van der Waals surface area contributed by atoms with Crippen LogP contribution in [0.3, 0.4) is 0 Å². The van der Waals surface area contributed by atoms with Gasteiger partial charge in [0.2, 0.25) is 5.91 Å². The van der Waals surface area contributed by atoms with Crippen LogP contribution in [-0.4, -0.2) is 100 Å². The molecule has 0 aliphatic carbocycles. The van der Waals surface area contributed by atoms with Gasteiger partial charge in [0.15, 0.2) is 6.29 Å². The Morgan fingerprint density at radius 2 is 0.790 bits per heavy atom. The van der Waals surface area contributed by atoms with E-state index < -0.39 is 49.5 Å². The Balaban J connectivity index is 1.92. The standard InChI is InChI=1S/C70H133NO10/c1-3-5-7-9-11-13-14-15-16-28-32-35-38-42-46-50-54-58-66(75)79-59-55-51-47-43-39-36-33-30-27-25-23-21-19-17-18-20-22-24-26-29-31-34-37-41-45-49-53-57-65(74)71-62(63(73)56-52-48-44-40-12-10-8-6-4-2)61-80-70-69(78)68(77)67(76)64(60-72)81-70/h17-18,52,56,62-64,67-70,72-73,76-78H,3-16,19-51,53-55,57-61H2,1-2H3,(H,71,74)/b18-17-,56-52+. The van der Waals surface area contributed by atoms with Crippen LogP contribution in [0.1, 0.15) is 348 Å². The van der Waals surface area contributed by atoms with Crippen LogP contribution >= 0.6 is 0 Å². The summed E-state index contributed by atoms with van der Waals surface area (Å²) in [4.78, 5) is 25.1. The Kier molecular flexibility index (Phi) is 57.0. The third-order valence-corrected chi connectivity index (χ3v) is 16.8. The average Bonchev–Trinajstić information content (AvgIpc) is 3.49. The number of hydrogen-bond donors (Lipinski definition) is 6. The quantitative estimate of drug-likeness (QED) is 0.0195. The van der Waals surface area contributed by atoms with Crippen molar-refractivity contribution in [2.75, 3.05) is 19.8 Å². The minimum Gasteiger partial charge on any atom is -0.466 e. The average molecular weight is 1150 g/mol. The second-order valence-corrected chi connectivity index (χ2v) is 24.6. The number of rotatable bonds is 62. The van der Waals surface area contributed by atoms with E-state index in [-0.39, 0.29) is 18.5 Å². The van der Waals surface area contributed by atoms with Gasteiger partial charge < -0.3 is 45.1 Å². The molecule has 1 heterocycles. The maximum absolute atomic E-state index is 13.0. The molecule has 11 heteroatoms. The molecule has 0 radical (unpaired) electrons. The molecule has 1 fully saturated rings. The van der Waals surface area contributed by atoms with Crippen LogP contribution in [0.2, 0.25) is 0 Å². The van der Waals surface area contributed by atoms with Crippen LogP contribution < -0.4 is 5.32 Å². The van der Waals surface area contributed by atoms with E-state index in [1.807, 2.05) is 6.08 Å². The highest BCUT2D eigenvalue weighted by molar-refractivity contribution is 5.76. The molecule has 1 aliphatic heterocycles. The number of amides is 1. The number of esters is 1. The molecule has 0 saturated carbocycles. The van der Waals surface area contributed by atoms with E-state index in [0.29, 0.717) is 19.4 Å². The fraction of sp³-hybridized carbons (Fsp3) is 0.914. The summed E-state index contributed by atoms with van der Waals surface area (Å²) in [5.41, 5.74) is 0. The first-order chi connectivity index (χ1) is 39.7. The Labute approximate surface area is 499 Å². The summed E-state index contributed by atoms with van der Waals surface area (Å²) in [6.45, 7) is 4.35. The number of aliphatic hydroxyl groups is 5. The predicted molar refractivity (Wildman–Crippen MR) is 338 cm³/mol. The third kappa shape index (κ3) is 49.0. The van der Waals surface area contributed by atoms with E-state index in [0.717, 1.165) is 51.4 Å². The lowest BCUT2D eigenvalue weighted by molar-refractivity contribution is -0.302. The molecule has 0 spiro atoms. The van der Waals surface area contributed by atoms with Crippen LogP contribution in [0.25, 0.3) is 0 Å². The Morgan fingerprint density at radius 3 is 1.19 bits per heavy atom. The number of carbonyl (C=O) groups is 2. The van der Waals surface area contributed by atoms with E-state index in [9.17, 15) is 35.1 Å². The van der Waals surface area contributed by atoms with Crippen molar-refractivity contribution in [2.45, 2.75) is 391 Å². The highest BCUT2D eigenvalue weighted by Crippen LogP contribution is 2.23. The van der Waals surface area contributed by atoms with Gasteiger partial charge in [0.05, 0.1) is 32.0 Å². The van der Waals surface area contributed by atoms with Gasteiger partial charge in [-0.2, -0.15) is 0 Å². The van der Waals surface area contributed by atoms with Gasteiger partial charge in [-0.15, -0.1) is 0 Å². The molecule has 81 heavy (non-hydrogen) atoms. The smallest absolute Gasteiger partial charge is 0.305 e. The van der Waals surface area contributed by atoms with Gasteiger partial charge in [0.1, 0.15) is 24.4 Å². The van der Waals surface area contributed by atoms with Crippen molar-refractivity contribution in [3.05, 3.63) is 24.3 Å². The molecule has 7 unspecified atom stereocenters. The molecular formula is C70H133NO10. The van der Waals surface area contributed by atoms with Gasteiger partial charge in [0, 0.05) is 12.8 Å². The number of unbranched alkanes of at least 4 members (excludes halogenated alkanes) is 46. The fourth-order valence-corrected chi connectivity index (χ4v) is 11.3. The van der Waals surface area contributed by atoms with E-state index in [2.05, 4.69) is 31.3 Å². The zero-order chi connectivity index (χ0) is 58.7. The molecule has 0 bridgehead atoms. The van der Waals surface area contributed by atoms with Crippen molar-refractivity contribution in [2.24, 2.45) is 0 Å². The summed E-state index contributed by atoms with van der Waals surface area (Å²) in [7, 11) is 0. The first kappa shape index (κ1) is 77.2. The topological polar surface area (TPSA) is 175 Å². The van der Waals surface area contributed by atoms with E-state index in [4.69, 9.17) is 14.2 Å². The molecule has 11 nitrogen and oxygen atoms in total. The number of aliphatic hydroxyl groups excluding tert-OH is 5. The molecule has 1 aliphatic rings. The monoisotopic (exact) mass is 1150 g/mol. The number of nitrogens with one attached hydrogen (secondary N) is 1. The number of carbonyl (C=O) groups excluding carboxylic acids is 2. The fourth-order valence-electron chi connectivity index (χ4n) is 11.3. The maximum atomic E-state index is 13.0. The van der Waals surface area contributed by atoms with Gasteiger partial charge in [-0.05, 0) is 57.8 Å². The number of ether oxygens (including phenoxy) is 3. The van der Waals surface area contributed by atoms with Crippen molar-refractivity contribution < 1.29 is 49.3 Å². The largest absolute Gasteiger partial charge is 0.466 e. The second-order valence-electron chi connectivity index (χ2n) is 24.6. The summed E-state index contributed by atoms with van der Waals surface area (Å²) in [6.07, 6.45) is 64.7. The first-order valence-corrected chi connectivity index (χ1v) is 35.1. The van der Waals surface area contributed by atoms with Gasteiger partial charge in [-0.3, -0.25) is 9.59 Å². The van der Waals surface area contributed by atoms with Crippen molar-refractivity contribution in [1.29, 1.82) is 0 Å². The minimum atomic E-state index is -1.57. The SMILES string of the molecule is CCCCCCCCC/C=C/C(O)C(COC1OC(CO)C(O)C(O)C1O)NC(=O)CCCCCCCCCCCCC/C=C\CCCCCCCCCCCCCCOC(=O)CCCCCCCCCCCCCCCCCCC. The van der Waals surface area contributed by atoms with Crippen LogP contribution in [0.15, 0.2) is 24.3 Å². The number of allylic oxidation sites excluding steroid dienone is 3. The lowest BCUT2D eigenvalue weighted by atomic mass is 9.99. The Morgan fingerprint density at radius 1 is 0.444 bits per heavy atom. The first-order valence-electron chi connectivity index (χ1n) is 35.1. The zero-order valence-corrected chi connectivity index (χ0v) is 53.0. The molecule has 0 aromatic heterocycles. The van der Waals surface area contributed by atoms with E-state index in [1.54, 1.807) is 6.08 Å². The van der Waals surface area contributed by atoms with E-state index >= 15 is 0 Å². The molecule has 0 aromatic carbocycles. The zero-order valence-electron chi connectivity index (χ0n) is 53.0. The normalized spacial score (nSPS) is 18.3. The van der Waals surface area contributed by atoms with Crippen molar-refractivity contribution >= 4 is 11.9 Å². The molecule has 1 amide bonds. The summed E-state index contributed by atoms with van der Waals surface area (Å²) >= 11 is 0. The summed E-state index contributed by atoms with van der Waals surface area (Å²) in [6, 6.07) is -0.809. The van der Waals surface area contributed by atoms with Crippen LogP contribution in [0, 0.1) is 0 Å². The summed E-state index contributed by atoms with van der Waals surface area (Å²) in [5, 5.41) is 54.3. The molecule has 6 N–H and O–H groups in total. The second kappa shape index (κ2) is 59.9. The van der Waals surface area contributed by atoms with Crippen LogP contribution in [0.4, 0.5) is 0 Å². The lowest BCUT2D eigenvalue weighted by Crippen LogP contribution is -2.60. The minimum absolute atomic E-state index is 0.0100. The van der Waals surface area contributed by atoms with Crippen LogP contribution in [-0.2, 0) is 23.8 Å². The lowest BCUT2D eigenvalue weighted by Gasteiger charge is -2.40. The van der Waals surface area contributed by atoms with Gasteiger partial charge in [-0.1, -0.05) is 301 Å². The highest BCUT2D eigenvalue weighted by Gasteiger charge is 2.44. The number of hydrogen-bond acceptors (Lipinski definition) is 10. The molecule has 0 aromatic rings. The van der Waals surface area contributed by atoms with Gasteiger partial charge >= 0.3 is 5.97 Å². The Bertz CT molecular complexity index is 1390. The van der Waals surface area contributed by atoms with Crippen molar-refractivity contribution in [1.82, 2.24) is 5.32 Å². The Hall–Kier alpha value is -1.86. The van der Waals surface area contributed by atoms with Gasteiger partial charge in [0.25, 0.3) is 0 Å². The van der Waals surface area contributed by atoms with E-state index in [1.165, 1.54) is 270 Å². The highest BCUT2D eigenvalue weighted by atomic mass is 16.7. The molecule has 1 saturated heterocycles. The molecule has 7 atom stereocenters. The predicted octanol–water partition coefficient (Wildman–Crippen LogP) is 17.6. The molecule has 478 valence electrons. The van der Waals surface area contributed by atoms with Gasteiger partial charge in [-0.25, -0.2) is 0 Å². The maximum Gasteiger partial charge on any atom is 0.305 e. The third-order valence-electron chi connectivity index (χ3n) is 16.8. The molecular weight excluding hydrogens is 1010 g/mol. The van der Waals surface area contributed by atoms with Crippen molar-refractivity contribution in [3.63, 3.8) is 0 Å².